The zero-order valence-corrected chi connectivity index (χ0v) is 16.9. The topological polar surface area (TPSA) is 18.5 Å². The zero-order chi connectivity index (χ0) is 19.2. The summed E-state index contributed by atoms with van der Waals surface area (Å²) < 4.78 is 16.7. The lowest BCUT2D eigenvalue weighted by molar-refractivity contribution is 0.465. The van der Waals surface area contributed by atoms with Crippen LogP contribution in [0.15, 0.2) is 84.9 Å². The van der Waals surface area contributed by atoms with Crippen LogP contribution < -0.4 is 9.31 Å². The highest BCUT2D eigenvalue weighted by Gasteiger charge is 2.13. The SMILES string of the molecule is [B](Oc1cccc2c1sc1ccccc12)Oc1cccc2c1sc1ccccc12. The minimum atomic E-state index is 0.812. The molecule has 0 amide bonds. The average Bonchev–Trinajstić information content (AvgIpc) is 3.33. The maximum Gasteiger partial charge on any atom is 0.658 e. The Morgan fingerprint density at radius 3 is 1.45 bits per heavy atom. The number of benzene rings is 4. The van der Waals surface area contributed by atoms with Gasteiger partial charge in [-0.15, -0.1) is 22.7 Å². The van der Waals surface area contributed by atoms with E-state index in [2.05, 4.69) is 60.7 Å². The second-order valence-corrected chi connectivity index (χ2v) is 8.90. The molecule has 6 aromatic rings. The number of thiophene rings is 2. The molecule has 0 aliphatic rings. The molecule has 1 radical (unpaired) electrons. The fraction of sp³-hybridized carbons (Fsp3) is 0. The van der Waals surface area contributed by atoms with Crippen LogP contribution in [0.4, 0.5) is 0 Å². The number of hydrogen-bond donors (Lipinski definition) is 0. The van der Waals surface area contributed by atoms with Crippen LogP contribution in [-0.2, 0) is 0 Å². The van der Waals surface area contributed by atoms with Crippen LogP contribution in [0.25, 0.3) is 40.3 Å². The van der Waals surface area contributed by atoms with Crippen molar-refractivity contribution in [1.82, 2.24) is 0 Å². The molecular formula is C24H14BO2S2. The summed E-state index contributed by atoms with van der Waals surface area (Å²) in [5, 5.41) is 4.94. The highest BCUT2D eigenvalue weighted by Crippen LogP contribution is 2.40. The lowest BCUT2D eigenvalue weighted by atomic mass is 10.1. The molecular weight excluding hydrogens is 395 g/mol. The molecule has 4 aromatic carbocycles. The molecule has 29 heavy (non-hydrogen) atoms. The van der Waals surface area contributed by atoms with E-state index in [1.54, 1.807) is 22.7 Å². The molecule has 5 heteroatoms. The highest BCUT2D eigenvalue weighted by molar-refractivity contribution is 7.26. The molecule has 0 aliphatic heterocycles. The van der Waals surface area contributed by atoms with E-state index >= 15 is 0 Å². The summed E-state index contributed by atoms with van der Waals surface area (Å²) in [4.78, 5) is 0. The Morgan fingerprint density at radius 2 is 0.931 bits per heavy atom. The van der Waals surface area contributed by atoms with E-state index in [4.69, 9.17) is 9.31 Å². The lowest BCUT2D eigenvalue weighted by Gasteiger charge is -2.08. The zero-order valence-electron chi connectivity index (χ0n) is 15.3. The first-order chi connectivity index (χ1) is 14.4. The van der Waals surface area contributed by atoms with E-state index < -0.39 is 0 Å². The van der Waals surface area contributed by atoms with Crippen LogP contribution in [0.2, 0.25) is 0 Å². The van der Waals surface area contributed by atoms with Gasteiger partial charge in [-0.3, -0.25) is 0 Å². The fourth-order valence-corrected chi connectivity index (χ4v) is 6.07. The molecule has 0 N–H and O–H groups in total. The maximum atomic E-state index is 5.94. The third-order valence-corrected chi connectivity index (χ3v) is 7.49. The molecule has 0 spiro atoms. The first kappa shape index (κ1) is 16.9. The molecule has 0 unspecified atom stereocenters. The Hall–Kier alpha value is -3.02. The first-order valence-electron chi connectivity index (χ1n) is 9.34. The van der Waals surface area contributed by atoms with Gasteiger partial charge in [0.15, 0.2) is 0 Å². The second-order valence-electron chi connectivity index (χ2n) is 6.79. The van der Waals surface area contributed by atoms with Gasteiger partial charge >= 0.3 is 7.69 Å². The van der Waals surface area contributed by atoms with Gasteiger partial charge in [0, 0.05) is 30.9 Å². The molecule has 0 saturated heterocycles. The maximum absolute atomic E-state index is 5.94. The van der Waals surface area contributed by atoms with Crippen molar-refractivity contribution in [3.8, 4) is 11.5 Å². The van der Waals surface area contributed by atoms with Gasteiger partial charge in [0.2, 0.25) is 0 Å². The Bertz CT molecular complexity index is 1390. The highest BCUT2D eigenvalue weighted by atomic mass is 32.1. The summed E-state index contributed by atoms with van der Waals surface area (Å²) in [6.07, 6.45) is 0. The average molecular weight is 409 g/mol. The van der Waals surface area contributed by atoms with E-state index in [0.717, 1.165) is 20.9 Å². The van der Waals surface area contributed by atoms with E-state index in [1.807, 2.05) is 24.3 Å². The van der Waals surface area contributed by atoms with Crippen LogP contribution >= 0.6 is 22.7 Å². The summed E-state index contributed by atoms with van der Waals surface area (Å²) >= 11 is 3.48. The van der Waals surface area contributed by atoms with Gasteiger partial charge in [0.25, 0.3) is 0 Å². The third kappa shape index (κ3) is 2.77. The van der Waals surface area contributed by atoms with Crippen molar-refractivity contribution in [1.29, 1.82) is 0 Å². The number of fused-ring (bicyclic) bond motifs is 6. The summed E-state index contributed by atoms with van der Waals surface area (Å²) in [6.45, 7) is 0. The predicted molar refractivity (Wildman–Crippen MR) is 126 cm³/mol. The summed E-state index contributed by atoms with van der Waals surface area (Å²) in [5.74, 6) is 1.62. The first-order valence-corrected chi connectivity index (χ1v) is 11.0. The van der Waals surface area contributed by atoms with Gasteiger partial charge in [-0.25, -0.2) is 0 Å². The quantitative estimate of drug-likeness (QED) is 0.282. The van der Waals surface area contributed by atoms with Crippen molar-refractivity contribution < 1.29 is 9.31 Å². The van der Waals surface area contributed by atoms with Crippen molar-refractivity contribution in [2.24, 2.45) is 0 Å². The molecule has 0 aliphatic carbocycles. The normalized spacial score (nSPS) is 11.4. The standard InChI is InChI=1S/C24H14BO2S2/c1-3-13-21-15(7-1)17-9-5-11-19(23(17)28-21)26-25-27-20-12-6-10-18-16-8-2-4-14-22(16)29-24(18)20/h1-14H. The van der Waals surface area contributed by atoms with Gasteiger partial charge in [-0.2, -0.15) is 0 Å². The van der Waals surface area contributed by atoms with E-state index in [9.17, 15) is 0 Å². The predicted octanol–water partition coefficient (Wildman–Crippen LogP) is 7.41. The van der Waals surface area contributed by atoms with Crippen LogP contribution in [0.5, 0.6) is 11.5 Å². The molecule has 6 rings (SSSR count). The van der Waals surface area contributed by atoms with Gasteiger partial charge in [-0.1, -0.05) is 60.7 Å². The van der Waals surface area contributed by atoms with Crippen molar-refractivity contribution in [2.75, 3.05) is 0 Å². The van der Waals surface area contributed by atoms with Crippen LogP contribution in [0.3, 0.4) is 0 Å². The Labute approximate surface area is 176 Å². The molecule has 0 fully saturated rings. The van der Waals surface area contributed by atoms with Crippen molar-refractivity contribution in [3.05, 3.63) is 84.9 Å². The minimum absolute atomic E-state index is 0.812. The van der Waals surface area contributed by atoms with E-state index in [-0.39, 0.29) is 0 Å². The van der Waals surface area contributed by atoms with Crippen molar-refractivity contribution >= 4 is 70.7 Å². The molecule has 0 bridgehead atoms. The second kappa shape index (κ2) is 6.80. The number of rotatable bonds is 4. The van der Waals surface area contributed by atoms with E-state index in [1.165, 1.54) is 38.6 Å². The largest absolute Gasteiger partial charge is 0.658 e. The van der Waals surface area contributed by atoms with Crippen molar-refractivity contribution in [2.45, 2.75) is 0 Å². The lowest BCUT2D eigenvalue weighted by Crippen LogP contribution is -2.10. The Morgan fingerprint density at radius 1 is 0.483 bits per heavy atom. The fourth-order valence-electron chi connectivity index (χ4n) is 3.76. The monoisotopic (exact) mass is 409 g/mol. The summed E-state index contributed by atoms with van der Waals surface area (Å²) in [6, 6.07) is 29.2. The number of hydrogen-bond acceptors (Lipinski definition) is 4. The molecule has 2 heterocycles. The smallest absolute Gasteiger partial charge is 0.525 e. The van der Waals surface area contributed by atoms with Crippen molar-refractivity contribution in [3.63, 3.8) is 0 Å². The molecule has 0 saturated carbocycles. The summed E-state index contributed by atoms with van der Waals surface area (Å²) in [7, 11) is 1.44. The molecule has 0 atom stereocenters. The van der Waals surface area contributed by atoms with Crippen LogP contribution in [0.1, 0.15) is 0 Å². The Balaban J connectivity index is 1.32. The third-order valence-electron chi connectivity index (χ3n) is 5.09. The molecule has 2 nitrogen and oxygen atoms in total. The summed E-state index contributed by atoms with van der Waals surface area (Å²) in [5.41, 5.74) is 0. The van der Waals surface area contributed by atoms with Gasteiger partial charge < -0.3 is 9.31 Å². The van der Waals surface area contributed by atoms with E-state index in [0.29, 0.717) is 0 Å². The Kier molecular flexibility index (Phi) is 3.96. The van der Waals surface area contributed by atoms with Gasteiger partial charge in [-0.05, 0) is 24.3 Å². The van der Waals surface area contributed by atoms with Crippen LogP contribution in [0, 0.1) is 0 Å². The molecule has 2 aromatic heterocycles. The molecule has 137 valence electrons. The minimum Gasteiger partial charge on any atom is -0.525 e. The van der Waals surface area contributed by atoms with Gasteiger partial charge in [0.05, 0.1) is 9.40 Å². The van der Waals surface area contributed by atoms with Gasteiger partial charge in [0.1, 0.15) is 11.5 Å². The van der Waals surface area contributed by atoms with Crippen LogP contribution in [-0.4, -0.2) is 7.69 Å².